The molecular formula is C36H41N3O3. The summed E-state index contributed by atoms with van der Waals surface area (Å²) in [6.45, 7) is 5.22. The van der Waals surface area contributed by atoms with Crippen LogP contribution in [0.5, 0.6) is 5.88 Å². The van der Waals surface area contributed by atoms with Gasteiger partial charge in [0.2, 0.25) is 11.8 Å². The van der Waals surface area contributed by atoms with Crippen molar-refractivity contribution < 1.29 is 14.3 Å². The molecule has 1 amide bonds. The Bertz CT molecular complexity index is 1460. The van der Waals surface area contributed by atoms with Gasteiger partial charge in [-0.15, -0.1) is 0 Å². The second-order valence-corrected chi connectivity index (χ2v) is 13.2. The average molecular weight is 564 g/mol. The molecule has 7 rings (SSSR count). The van der Waals surface area contributed by atoms with Crippen molar-refractivity contribution in [3.8, 4) is 23.1 Å². The highest BCUT2D eigenvalue weighted by atomic mass is 16.5. The highest BCUT2D eigenvalue weighted by molar-refractivity contribution is 5.94. The molecule has 6 heteroatoms. The number of pyridine rings is 1. The van der Waals surface area contributed by atoms with E-state index in [0.717, 1.165) is 60.9 Å². The van der Waals surface area contributed by atoms with Gasteiger partial charge in [-0.3, -0.25) is 4.79 Å². The first kappa shape index (κ1) is 28.4. The lowest BCUT2D eigenvalue weighted by atomic mass is 9.63. The van der Waals surface area contributed by atoms with Crippen LogP contribution < -0.4 is 9.64 Å². The first-order valence-electron chi connectivity index (χ1n) is 15.3. The molecule has 0 N–H and O–H groups in total. The summed E-state index contributed by atoms with van der Waals surface area (Å²) < 4.78 is 12.1. The topological polar surface area (TPSA) is 75.4 Å². The maximum absolute atomic E-state index is 13.9. The molecule has 2 saturated carbocycles. The molecule has 2 saturated heterocycles. The van der Waals surface area contributed by atoms with Gasteiger partial charge in [0.25, 0.3) is 0 Å². The Morgan fingerprint density at radius 3 is 2.43 bits per heavy atom. The highest BCUT2D eigenvalue weighted by Crippen LogP contribution is 2.54. The van der Waals surface area contributed by atoms with Crippen molar-refractivity contribution in [3.05, 3.63) is 78.0 Å². The van der Waals surface area contributed by atoms with E-state index in [1.807, 2.05) is 32.0 Å². The third-order valence-electron chi connectivity index (χ3n) is 10.1. The van der Waals surface area contributed by atoms with E-state index in [9.17, 15) is 10.1 Å². The van der Waals surface area contributed by atoms with Gasteiger partial charge in [0, 0.05) is 36.3 Å². The second-order valence-electron chi connectivity index (χ2n) is 13.2. The molecule has 218 valence electrons. The van der Waals surface area contributed by atoms with Gasteiger partial charge in [-0.1, -0.05) is 42.8 Å². The summed E-state index contributed by atoms with van der Waals surface area (Å²) in [6.07, 6.45) is 9.82. The molecule has 2 aliphatic carbocycles. The third kappa shape index (κ3) is 5.43. The van der Waals surface area contributed by atoms with E-state index in [-0.39, 0.29) is 16.9 Å². The number of hydrogen-bond acceptors (Lipinski definition) is 5. The minimum atomic E-state index is -0.512. The number of benzene rings is 2. The summed E-state index contributed by atoms with van der Waals surface area (Å²) in [5, 5.41) is 9.54. The molecule has 0 radical (unpaired) electrons. The molecule has 2 bridgehead atoms. The number of ether oxygens (including phenoxy) is 2. The maximum atomic E-state index is 13.9. The number of hydrogen-bond donors (Lipinski definition) is 0. The monoisotopic (exact) mass is 563 g/mol. The Balaban J connectivity index is 1.23. The van der Waals surface area contributed by atoms with Crippen molar-refractivity contribution in [1.82, 2.24) is 4.98 Å². The minimum Gasteiger partial charge on any atom is -0.481 e. The van der Waals surface area contributed by atoms with Gasteiger partial charge in [-0.2, -0.15) is 5.26 Å². The molecule has 6 nitrogen and oxygen atoms in total. The van der Waals surface area contributed by atoms with Crippen molar-refractivity contribution in [1.29, 1.82) is 5.26 Å². The molecule has 4 aliphatic rings. The van der Waals surface area contributed by atoms with Gasteiger partial charge in [0.1, 0.15) is 0 Å². The molecular weight excluding hydrogens is 522 g/mol. The number of carbonyl (C=O) groups is 1. The fraction of sp³-hybridized carbons (Fsp3) is 0.472. The number of carbonyl (C=O) groups excluding carboxylic acids is 1. The van der Waals surface area contributed by atoms with Crippen molar-refractivity contribution in [2.45, 2.75) is 76.2 Å². The molecule has 42 heavy (non-hydrogen) atoms. The van der Waals surface area contributed by atoms with Crippen LogP contribution in [-0.4, -0.2) is 31.2 Å². The second kappa shape index (κ2) is 11.2. The number of fused-ring (bicyclic) bond motifs is 3. The van der Waals surface area contributed by atoms with Crippen molar-refractivity contribution in [2.75, 3.05) is 25.2 Å². The smallest absolute Gasteiger partial charge is 0.227 e. The normalized spacial score (nSPS) is 23.6. The van der Waals surface area contributed by atoms with Gasteiger partial charge in [0.15, 0.2) is 0 Å². The van der Waals surface area contributed by atoms with Crippen LogP contribution in [0.15, 0.2) is 66.9 Å². The zero-order chi connectivity index (χ0) is 29.4. The number of nitrogens with zero attached hydrogens (tertiary/aromatic N) is 3. The van der Waals surface area contributed by atoms with E-state index in [4.69, 9.17) is 9.47 Å². The van der Waals surface area contributed by atoms with Crippen molar-refractivity contribution in [3.63, 3.8) is 0 Å². The van der Waals surface area contributed by atoms with Gasteiger partial charge in [-0.05, 0) is 98.7 Å². The summed E-state index contributed by atoms with van der Waals surface area (Å²) in [7, 11) is 1.62. The lowest BCUT2D eigenvalue weighted by molar-refractivity contribution is -0.186. The average Bonchev–Trinajstić information content (AvgIpc) is 3.02. The van der Waals surface area contributed by atoms with Crippen molar-refractivity contribution in [2.24, 2.45) is 11.3 Å². The van der Waals surface area contributed by atoms with Crippen LogP contribution in [0.2, 0.25) is 0 Å². The summed E-state index contributed by atoms with van der Waals surface area (Å²) >= 11 is 0. The maximum Gasteiger partial charge on any atom is 0.227 e. The fourth-order valence-corrected chi connectivity index (χ4v) is 6.86. The molecule has 2 aromatic carbocycles. The molecule has 3 aromatic rings. The lowest BCUT2D eigenvalue weighted by Crippen LogP contribution is -2.54. The standard InChI is InChI=1S/C36H41N3O3/c1-34(2,23-37)29-10-12-30(13-11-29)36-17-15-35(16-18-36,25-42-36)24-39(33(40)20-26-6-4-7-26)31-9-5-8-27(21-31)28-14-19-38-32(22-28)41-3/h5,8-14,19,21-22,26H,4,6-7,15-18,20,24-25H2,1-3H3. The molecule has 4 fully saturated rings. The van der Waals surface area contributed by atoms with Gasteiger partial charge < -0.3 is 14.4 Å². The number of methoxy groups -OCH3 is 1. The number of aromatic nitrogens is 1. The van der Waals surface area contributed by atoms with E-state index >= 15 is 0 Å². The van der Waals surface area contributed by atoms with E-state index in [0.29, 0.717) is 31.4 Å². The van der Waals surface area contributed by atoms with Crippen LogP contribution >= 0.6 is 0 Å². The van der Waals surface area contributed by atoms with Crippen molar-refractivity contribution >= 4 is 11.6 Å². The van der Waals surface area contributed by atoms with Crippen LogP contribution in [0.4, 0.5) is 5.69 Å². The molecule has 2 aliphatic heterocycles. The van der Waals surface area contributed by atoms with Gasteiger partial charge in [-0.25, -0.2) is 4.98 Å². The van der Waals surface area contributed by atoms with Crippen LogP contribution in [0, 0.1) is 22.7 Å². The predicted octanol–water partition coefficient (Wildman–Crippen LogP) is 7.57. The summed E-state index contributed by atoms with van der Waals surface area (Å²) in [5.74, 6) is 1.29. The lowest BCUT2D eigenvalue weighted by Gasteiger charge is -2.54. The Morgan fingerprint density at radius 1 is 1.07 bits per heavy atom. The molecule has 0 spiro atoms. The van der Waals surface area contributed by atoms with Crippen LogP contribution in [0.25, 0.3) is 11.1 Å². The fourth-order valence-electron chi connectivity index (χ4n) is 6.86. The van der Waals surface area contributed by atoms with Crippen LogP contribution in [-0.2, 0) is 20.5 Å². The zero-order valence-electron chi connectivity index (χ0n) is 25.1. The Labute approximate surface area is 249 Å². The van der Waals surface area contributed by atoms with Crippen LogP contribution in [0.1, 0.15) is 76.3 Å². The Hall–Kier alpha value is -3.69. The summed E-state index contributed by atoms with van der Waals surface area (Å²) in [5.41, 5.74) is 4.37. The predicted molar refractivity (Wildman–Crippen MR) is 164 cm³/mol. The van der Waals surface area contributed by atoms with E-state index in [1.165, 1.54) is 12.0 Å². The van der Waals surface area contributed by atoms with Gasteiger partial charge >= 0.3 is 0 Å². The first-order valence-corrected chi connectivity index (χ1v) is 15.3. The summed E-state index contributed by atoms with van der Waals surface area (Å²) in [6, 6.07) is 23.1. The number of amides is 1. The number of anilines is 1. The third-order valence-corrected chi connectivity index (χ3v) is 10.1. The Kier molecular flexibility index (Phi) is 7.57. The largest absolute Gasteiger partial charge is 0.481 e. The van der Waals surface area contributed by atoms with Crippen LogP contribution in [0.3, 0.4) is 0 Å². The van der Waals surface area contributed by atoms with E-state index in [1.54, 1.807) is 13.3 Å². The molecule has 0 atom stereocenters. The van der Waals surface area contributed by atoms with E-state index < -0.39 is 5.41 Å². The Morgan fingerprint density at radius 2 is 1.81 bits per heavy atom. The zero-order valence-corrected chi connectivity index (χ0v) is 25.1. The van der Waals surface area contributed by atoms with Gasteiger partial charge in [0.05, 0.1) is 30.8 Å². The number of nitriles is 1. The van der Waals surface area contributed by atoms with E-state index in [2.05, 4.69) is 58.4 Å². The molecule has 1 aromatic heterocycles. The molecule has 0 unspecified atom stereocenters. The number of rotatable bonds is 9. The highest BCUT2D eigenvalue weighted by Gasteiger charge is 2.51. The quantitative estimate of drug-likeness (QED) is 0.268. The molecule has 3 heterocycles. The summed E-state index contributed by atoms with van der Waals surface area (Å²) in [4.78, 5) is 20.2. The minimum absolute atomic E-state index is 0.0599. The SMILES string of the molecule is COc1cc(-c2cccc(N(CC34CCC(c5ccc(C(C)(C)C#N)cc5)(CC3)OC4)C(=O)CC3CCC3)c2)ccn1. The first-order chi connectivity index (χ1) is 20.2.